The summed E-state index contributed by atoms with van der Waals surface area (Å²) in [7, 11) is 0. The molecule has 2 aromatic heterocycles. The number of amides is 1. The SMILES string of the molecule is O=C(Cc1c[nH]c2ccccc12)Nc1nc2ccc(Cl)cc2s1. The molecule has 23 heavy (non-hydrogen) atoms. The van der Waals surface area contributed by atoms with Crippen LogP contribution in [0.3, 0.4) is 0 Å². The third kappa shape index (κ3) is 2.81. The van der Waals surface area contributed by atoms with Gasteiger partial charge in [0, 0.05) is 22.1 Å². The second kappa shape index (κ2) is 5.68. The number of nitrogens with zero attached hydrogens (tertiary/aromatic N) is 1. The first-order valence-corrected chi connectivity index (χ1v) is 8.29. The molecule has 0 saturated carbocycles. The number of fused-ring (bicyclic) bond motifs is 2. The number of halogens is 1. The molecule has 0 fully saturated rings. The van der Waals surface area contributed by atoms with E-state index in [1.54, 1.807) is 6.07 Å². The van der Waals surface area contributed by atoms with Gasteiger partial charge in [0.25, 0.3) is 0 Å². The van der Waals surface area contributed by atoms with Crippen LogP contribution in [0.2, 0.25) is 5.02 Å². The van der Waals surface area contributed by atoms with E-state index in [9.17, 15) is 4.79 Å². The molecule has 114 valence electrons. The molecule has 0 bridgehead atoms. The highest BCUT2D eigenvalue weighted by Crippen LogP contribution is 2.28. The lowest BCUT2D eigenvalue weighted by atomic mass is 10.1. The molecule has 0 atom stereocenters. The van der Waals surface area contributed by atoms with Gasteiger partial charge >= 0.3 is 0 Å². The van der Waals surface area contributed by atoms with Crippen LogP contribution in [0.25, 0.3) is 21.1 Å². The summed E-state index contributed by atoms with van der Waals surface area (Å²) in [5.41, 5.74) is 2.84. The topological polar surface area (TPSA) is 57.8 Å². The van der Waals surface area contributed by atoms with Crippen molar-refractivity contribution in [1.29, 1.82) is 0 Å². The van der Waals surface area contributed by atoms with E-state index in [-0.39, 0.29) is 5.91 Å². The number of rotatable bonds is 3. The molecule has 1 amide bonds. The zero-order valence-electron chi connectivity index (χ0n) is 12.0. The van der Waals surface area contributed by atoms with Crippen LogP contribution in [0, 0.1) is 0 Å². The van der Waals surface area contributed by atoms with Gasteiger partial charge in [-0.1, -0.05) is 41.1 Å². The van der Waals surface area contributed by atoms with Crippen LogP contribution >= 0.6 is 22.9 Å². The van der Waals surface area contributed by atoms with E-state index < -0.39 is 0 Å². The molecule has 2 heterocycles. The van der Waals surface area contributed by atoms with Gasteiger partial charge in [0.1, 0.15) is 0 Å². The van der Waals surface area contributed by atoms with Gasteiger partial charge in [-0.05, 0) is 29.8 Å². The zero-order chi connectivity index (χ0) is 15.8. The summed E-state index contributed by atoms with van der Waals surface area (Å²) in [6.07, 6.45) is 2.18. The molecule has 0 spiro atoms. The largest absolute Gasteiger partial charge is 0.361 e. The van der Waals surface area contributed by atoms with Crippen molar-refractivity contribution in [3.05, 3.63) is 59.2 Å². The number of carbonyl (C=O) groups is 1. The molecule has 2 aromatic carbocycles. The summed E-state index contributed by atoms with van der Waals surface area (Å²) in [5, 5.41) is 5.19. The molecule has 0 radical (unpaired) electrons. The van der Waals surface area contributed by atoms with Crippen molar-refractivity contribution in [2.45, 2.75) is 6.42 Å². The van der Waals surface area contributed by atoms with E-state index in [0.29, 0.717) is 16.6 Å². The van der Waals surface area contributed by atoms with Gasteiger partial charge in [0.2, 0.25) is 5.91 Å². The predicted molar refractivity (Wildman–Crippen MR) is 95.3 cm³/mol. The van der Waals surface area contributed by atoms with Crippen LogP contribution in [0.5, 0.6) is 0 Å². The first-order chi connectivity index (χ1) is 11.2. The Kier molecular flexibility index (Phi) is 3.52. The van der Waals surface area contributed by atoms with E-state index in [0.717, 1.165) is 26.7 Å². The molecule has 0 unspecified atom stereocenters. The van der Waals surface area contributed by atoms with E-state index in [2.05, 4.69) is 15.3 Å². The molecule has 0 aliphatic carbocycles. The lowest BCUT2D eigenvalue weighted by molar-refractivity contribution is -0.115. The van der Waals surface area contributed by atoms with E-state index >= 15 is 0 Å². The number of thiazole rings is 1. The number of aromatic amines is 1. The minimum absolute atomic E-state index is 0.0834. The van der Waals surface area contributed by atoms with Crippen LogP contribution in [0.4, 0.5) is 5.13 Å². The fraction of sp³-hybridized carbons (Fsp3) is 0.0588. The second-order valence-electron chi connectivity index (χ2n) is 5.22. The van der Waals surface area contributed by atoms with Crippen molar-refractivity contribution in [3.8, 4) is 0 Å². The van der Waals surface area contributed by atoms with Crippen molar-refractivity contribution >= 4 is 55.1 Å². The second-order valence-corrected chi connectivity index (χ2v) is 6.68. The van der Waals surface area contributed by atoms with Crippen LogP contribution in [-0.2, 0) is 11.2 Å². The van der Waals surface area contributed by atoms with Crippen molar-refractivity contribution in [2.75, 3.05) is 5.32 Å². The van der Waals surface area contributed by atoms with Crippen molar-refractivity contribution in [2.24, 2.45) is 0 Å². The predicted octanol–water partition coefficient (Wildman–Crippen LogP) is 4.61. The molecular formula is C17H12ClN3OS. The number of nitrogens with one attached hydrogen (secondary N) is 2. The number of anilines is 1. The Balaban J connectivity index is 1.54. The number of H-pyrrole nitrogens is 1. The fourth-order valence-corrected chi connectivity index (χ4v) is 3.72. The summed E-state index contributed by atoms with van der Waals surface area (Å²) in [4.78, 5) is 19.9. The summed E-state index contributed by atoms with van der Waals surface area (Å²) in [6.45, 7) is 0. The molecule has 6 heteroatoms. The van der Waals surface area contributed by atoms with Crippen LogP contribution in [-0.4, -0.2) is 15.9 Å². The first kappa shape index (κ1) is 14.2. The molecule has 0 aliphatic rings. The van der Waals surface area contributed by atoms with Gasteiger partial charge in [0.15, 0.2) is 5.13 Å². The van der Waals surface area contributed by atoms with Crippen LogP contribution in [0.1, 0.15) is 5.56 Å². The average molecular weight is 342 g/mol. The maximum atomic E-state index is 12.3. The first-order valence-electron chi connectivity index (χ1n) is 7.10. The van der Waals surface area contributed by atoms with E-state index in [4.69, 9.17) is 11.6 Å². The van der Waals surface area contributed by atoms with Gasteiger partial charge in [-0.15, -0.1) is 0 Å². The third-order valence-corrected chi connectivity index (χ3v) is 4.79. The Morgan fingerprint density at radius 1 is 1.26 bits per heavy atom. The Morgan fingerprint density at radius 3 is 3.04 bits per heavy atom. The van der Waals surface area contributed by atoms with E-state index in [1.165, 1.54) is 11.3 Å². The normalized spacial score (nSPS) is 11.2. The molecule has 0 aliphatic heterocycles. The molecule has 4 aromatic rings. The summed E-state index contributed by atoms with van der Waals surface area (Å²) in [5.74, 6) is -0.0834. The highest BCUT2D eigenvalue weighted by molar-refractivity contribution is 7.22. The molecule has 4 rings (SSSR count). The Morgan fingerprint density at radius 2 is 2.13 bits per heavy atom. The van der Waals surface area contributed by atoms with Gasteiger partial charge in [-0.2, -0.15) is 0 Å². The van der Waals surface area contributed by atoms with Crippen molar-refractivity contribution in [1.82, 2.24) is 9.97 Å². The highest BCUT2D eigenvalue weighted by Gasteiger charge is 2.11. The molecular weight excluding hydrogens is 330 g/mol. The standard InChI is InChI=1S/C17H12ClN3OS/c18-11-5-6-14-15(8-11)23-17(20-14)21-16(22)7-10-9-19-13-4-2-1-3-12(10)13/h1-6,8-9,19H,7H2,(H,20,21,22). The quantitative estimate of drug-likeness (QED) is 0.571. The summed E-state index contributed by atoms with van der Waals surface area (Å²) in [6, 6.07) is 13.4. The maximum Gasteiger partial charge on any atom is 0.230 e. The Labute approximate surface area is 141 Å². The monoisotopic (exact) mass is 341 g/mol. The fourth-order valence-electron chi connectivity index (χ4n) is 2.57. The Bertz CT molecular complexity index is 1020. The molecule has 0 saturated heterocycles. The van der Waals surface area contributed by atoms with Crippen molar-refractivity contribution in [3.63, 3.8) is 0 Å². The number of aromatic nitrogens is 2. The average Bonchev–Trinajstić information content (AvgIpc) is 3.11. The van der Waals surface area contributed by atoms with Gasteiger partial charge in [-0.25, -0.2) is 4.98 Å². The number of hydrogen-bond acceptors (Lipinski definition) is 3. The van der Waals surface area contributed by atoms with Crippen LogP contribution in [0.15, 0.2) is 48.7 Å². The number of benzene rings is 2. The highest BCUT2D eigenvalue weighted by atomic mass is 35.5. The lowest BCUT2D eigenvalue weighted by Gasteiger charge is -2.00. The number of carbonyl (C=O) groups excluding carboxylic acids is 1. The Hall–Kier alpha value is -2.37. The molecule has 2 N–H and O–H groups in total. The zero-order valence-corrected chi connectivity index (χ0v) is 13.5. The van der Waals surface area contributed by atoms with Gasteiger partial charge in [0.05, 0.1) is 16.6 Å². The third-order valence-electron chi connectivity index (χ3n) is 3.62. The summed E-state index contributed by atoms with van der Waals surface area (Å²) < 4.78 is 0.958. The number of para-hydroxylation sites is 1. The smallest absolute Gasteiger partial charge is 0.230 e. The minimum Gasteiger partial charge on any atom is -0.361 e. The van der Waals surface area contributed by atoms with Gasteiger partial charge in [-0.3, -0.25) is 4.79 Å². The van der Waals surface area contributed by atoms with Crippen LogP contribution < -0.4 is 5.32 Å². The number of hydrogen-bond donors (Lipinski definition) is 2. The van der Waals surface area contributed by atoms with Crippen molar-refractivity contribution < 1.29 is 4.79 Å². The lowest BCUT2D eigenvalue weighted by Crippen LogP contribution is -2.13. The van der Waals surface area contributed by atoms with Gasteiger partial charge < -0.3 is 10.3 Å². The minimum atomic E-state index is -0.0834. The summed E-state index contributed by atoms with van der Waals surface area (Å²) >= 11 is 7.39. The maximum absolute atomic E-state index is 12.3. The van der Waals surface area contributed by atoms with E-state index in [1.807, 2.05) is 42.6 Å². The molecule has 4 nitrogen and oxygen atoms in total.